The van der Waals surface area contributed by atoms with Gasteiger partial charge in [0.2, 0.25) is 5.88 Å². The number of hydrogen-bond donors (Lipinski definition) is 1. The predicted octanol–water partition coefficient (Wildman–Crippen LogP) is 1.85. The van der Waals surface area contributed by atoms with Crippen LogP contribution in [-0.2, 0) is 4.74 Å². The molecular formula is C12H19N3O2. The molecule has 1 saturated carbocycles. The van der Waals surface area contributed by atoms with Gasteiger partial charge in [-0.3, -0.25) is 4.98 Å². The second-order valence-electron chi connectivity index (χ2n) is 4.26. The Morgan fingerprint density at radius 1 is 1.29 bits per heavy atom. The summed E-state index contributed by atoms with van der Waals surface area (Å²) >= 11 is 0. The standard InChI is InChI=1S/C12H19N3O2/c1-13-11-7-14-8-12(15-11)17-10-5-3-4-9(6-10)16-2/h7-10H,3-6H2,1-2H3,(H,13,15). The fourth-order valence-electron chi connectivity index (χ4n) is 2.12. The molecular weight excluding hydrogens is 218 g/mol. The summed E-state index contributed by atoms with van der Waals surface area (Å²) in [5.74, 6) is 1.31. The summed E-state index contributed by atoms with van der Waals surface area (Å²) in [5, 5.41) is 2.95. The molecule has 1 aromatic rings. The number of hydrogen-bond acceptors (Lipinski definition) is 5. The Balaban J connectivity index is 1.95. The first-order valence-corrected chi connectivity index (χ1v) is 6.01. The van der Waals surface area contributed by atoms with Crippen LogP contribution in [0.1, 0.15) is 25.7 Å². The second kappa shape index (κ2) is 5.82. The lowest BCUT2D eigenvalue weighted by Gasteiger charge is -2.28. The zero-order valence-corrected chi connectivity index (χ0v) is 10.3. The molecule has 1 aliphatic carbocycles. The number of ether oxygens (including phenoxy) is 2. The molecule has 2 atom stereocenters. The molecule has 0 radical (unpaired) electrons. The Kier molecular flexibility index (Phi) is 4.14. The van der Waals surface area contributed by atoms with E-state index in [0.29, 0.717) is 12.0 Å². The molecule has 1 N–H and O–H groups in total. The van der Waals surface area contributed by atoms with Crippen molar-refractivity contribution in [1.82, 2.24) is 9.97 Å². The van der Waals surface area contributed by atoms with Crippen LogP contribution in [0, 0.1) is 0 Å². The molecule has 1 aromatic heterocycles. The molecule has 94 valence electrons. The highest BCUT2D eigenvalue weighted by Crippen LogP contribution is 2.24. The lowest BCUT2D eigenvalue weighted by atomic mass is 9.95. The fraction of sp³-hybridized carbons (Fsp3) is 0.667. The smallest absolute Gasteiger partial charge is 0.234 e. The van der Waals surface area contributed by atoms with E-state index in [-0.39, 0.29) is 6.10 Å². The summed E-state index contributed by atoms with van der Waals surface area (Å²) in [7, 11) is 3.57. The van der Waals surface area contributed by atoms with Gasteiger partial charge in [-0.25, -0.2) is 0 Å². The van der Waals surface area contributed by atoms with Gasteiger partial charge in [-0.1, -0.05) is 0 Å². The molecule has 0 spiro atoms. The van der Waals surface area contributed by atoms with Gasteiger partial charge in [0, 0.05) is 20.6 Å². The first kappa shape index (κ1) is 12.1. The third-order valence-corrected chi connectivity index (χ3v) is 3.07. The van der Waals surface area contributed by atoms with Crippen LogP contribution < -0.4 is 10.1 Å². The van der Waals surface area contributed by atoms with Gasteiger partial charge in [-0.2, -0.15) is 4.98 Å². The Bertz CT molecular complexity index is 359. The molecule has 5 heteroatoms. The van der Waals surface area contributed by atoms with Gasteiger partial charge in [0.1, 0.15) is 11.9 Å². The lowest BCUT2D eigenvalue weighted by Crippen LogP contribution is -2.29. The van der Waals surface area contributed by atoms with Gasteiger partial charge in [-0.05, 0) is 19.3 Å². The lowest BCUT2D eigenvalue weighted by molar-refractivity contribution is 0.0194. The first-order valence-electron chi connectivity index (χ1n) is 6.01. The summed E-state index contributed by atoms with van der Waals surface area (Å²) < 4.78 is 11.2. The topological polar surface area (TPSA) is 56.3 Å². The second-order valence-corrected chi connectivity index (χ2v) is 4.26. The number of nitrogens with one attached hydrogen (secondary N) is 1. The van der Waals surface area contributed by atoms with Gasteiger partial charge in [-0.15, -0.1) is 0 Å². The highest BCUT2D eigenvalue weighted by atomic mass is 16.5. The van der Waals surface area contributed by atoms with Crippen molar-refractivity contribution >= 4 is 5.82 Å². The van der Waals surface area contributed by atoms with Crippen LogP contribution in [0.25, 0.3) is 0 Å². The van der Waals surface area contributed by atoms with Gasteiger partial charge >= 0.3 is 0 Å². The van der Waals surface area contributed by atoms with E-state index in [0.717, 1.165) is 31.5 Å². The molecule has 17 heavy (non-hydrogen) atoms. The van der Waals surface area contributed by atoms with Crippen LogP contribution in [0.15, 0.2) is 12.4 Å². The minimum Gasteiger partial charge on any atom is -0.473 e. The van der Waals surface area contributed by atoms with Crippen molar-refractivity contribution in [3.05, 3.63) is 12.4 Å². The molecule has 0 amide bonds. The van der Waals surface area contributed by atoms with Crippen molar-refractivity contribution in [2.45, 2.75) is 37.9 Å². The van der Waals surface area contributed by atoms with Crippen LogP contribution in [0.5, 0.6) is 5.88 Å². The van der Waals surface area contributed by atoms with E-state index in [9.17, 15) is 0 Å². The van der Waals surface area contributed by atoms with Crippen LogP contribution in [0.4, 0.5) is 5.82 Å². The van der Waals surface area contributed by atoms with Crippen molar-refractivity contribution in [2.24, 2.45) is 0 Å². The molecule has 2 unspecified atom stereocenters. The van der Waals surface area contributed by atoms with Gasteiger partial charge < -0.3 is 14.8 Å². The summed E-state index contributed by atoms with van der Waals surface area (Å²) in [6, 6.07) is 0. The van der Waals surface area contributed by atoms with Crippen LogP contribution >= 0.6 is 0 Å². The average molecular weight is 237 g/mol. The highest BCUT2D eigenvalue weighted by molar-refractivity contribution is 5.31. The number of methoxy groups -OCH3 is 1. The molecule has 0 saturated heterocycles. The molecule has 0 aromatic carbocycles. The van der Waals surface area contributed by atoms with E-state index in [1.807, 2.05) is 7.05 Å². The molecule has 1 fully saturated rings. The van der Waals surface area contributed by atoms with Crippen LogP contribution in [0.2, 0.25) is 0 Å². The summed E-state index contributed by atoms with van der Waals surface area (Å²) in [6.45, 7) is 0. The van der Waals surface area contributed by atoms with Crippen LogP contribution in [-0.4, -0.2) is 36.3 Å². The molecule has 1 heterocycles. The Labute approximate surface area is 102 Å². The van der Waals surface area contributed by atoms with Gasteiger partial charge in [0.05, 0.1) is 18.5 Å². The maximum Gasteiger partial charge on any atom is 0.234 e. The van der Waals surface area contributed by atoms with Gasteiger partial charge in [0.25, 0.3) is 0 Å². The van der Waals surface area contributed by atoms with Crippen molar-refractivity contribution in [3.63, 3.8) is 0 Å². The summed E-state index contributed by atoms with van der Waals surface area (Å²) in [5.41, 5.74) is 0. The minimum absolute atomic E-state index is 0.190. The number of nitrogens with zero attached hydrogens (tertiary/aromatic N) is 2. The normalized spacial score (nSPS) is 24.4. The van der Waals surface area contributed by atoms with Crippen LogP contribution in [0.3, 0.4) is 0 Å². The fourth-order valence-corrected chi connectivity index (χ4v) is 2.12. The third kappa shape index (κ3) is 3.30. The van der Waals surface area contributed by atoms with Crippen molar-refractivity contribution in [3.8, 4) is 5.88 Å². The molecule has 0 aliphatic heterocycles. The Morgan fingerprint density at radius 2 is 2.12 bits per heavy atom. The highest BCUT2D eigenvalue weighted by Gasteiger charge is 2.23. The SMILES string of the molecule is CNc1cncc(OC2CCCC(OC)C2)n1. The first-order chi connectivity index (χ1) is 8.31. The molecule has 0 bridgehead atoms. The minimum atomic E-state index is 0.190. The number of anilines is 1. The molecule has 2 rings (SSSR count). The van der Waals surface area contributed by atoms with E-state index < -0.39 is 0 Å². The largest absolute Gasteiger partial charge is 0.473 e. The predicted molar refractivity (Wildman–Crippen MR) is 65.3 cm³/mol. The van der Waals surface area contributed by atoms with Crippen molar-refractivity contribution in [2.75, 3.05) is 19.5 Å². The van der Waals surface area contributed by atoms with E-state index in [1.54, 1.807) is 19.5 Å². The zero-order chi connectivity index (χ0) is 12.1. The maximum atomic E-state index is 5.84. The van der Waals surface area contributed by atoms with E-state index in [1.165, 1.54) is 0 Å². The van der Waals surface area contributed by atoms with E-state index >= 15 is 0 Å². The Morgan fingerprint density at radius 3 is 2.88 bits per heavy atom. The van der Waals surface area contributed by atoms with Gasteiger partial charge in [0.15, 0.2) is 0 Å². The van der Waals surface area contributed by atoms with Crippen molar-refractivity contribution < 1.29 is 9.47 Å². The monoisotopic (exact) mass is 237 g/mol. The Hall–Kier alpha value is -1.36. The van der Waals surface area contributed by atoms with Crippen molar-refractivity contribution in [1.29, 1.82) is 0 Å². The third-order valence-electron chi connectivity index (χ3n) is 3.07. The van der Waals surface area contributed by atoms with E-state index in [2.05, 4.69) is 15.3 Å². The quantitative estimate of drug-likeness (QED) is 0.866. The molecule has 1 aliphatic rings. The molecule has 5 nitrogen and oxygen atoms in total. The summed E-state index contributed by atoms with van der Waals surface area (Å²) in [6.07, 6.45) is 8.08. The average Bonchev–Trinajstić information content (AvgIpc) is 2.39. The maximum absolute atomic E-state index is 5.84. The number of aromatic nitrogens is 2. The number of rotatable bonds is 4. The van der Waals surface area contributed by atoms with E-state index in [4.69, 9.17) is 9.47 Å². The summed E-state index contributed by atoms with van der Waals surface area (Å²) in [4.78, 5) is 8.38. The zero-order valence-electron chi connectivity index (χ0n) is 10.3.